The van der Waals surface area contributed by atoms with Crippen LogP contribution < -0.4 is 5.32 Å². The summed E-state index contributed by atoms with van der Waals surface area (Å²) >= 11 is 2.96. The summed E-state index contributed by atoms with van der Waals surface area (Å²) in [6.45, 7) is 1.28. The molecule has 2 rings (SSSR count). The molecule has 104 valence electrons. The van der Waals surface area contributed by atoms with Gasteiger partial charge in [-0.05, 0) is 30.9 Å². The molecule has 0 heterocycles. The lowest BCUT2D eigenvalue weighted by atomic mass is 10.2. The largest absolute Gasteiger partial charge is 0.379 e. The maximum absolute atomic E-state index is 13.5. The monoisotopic (exact) mass is 333 g/mol. The van der Waals surface area contributed by atoms with Gasteiger partial charge in [-0.25, -0.2) is 8.78 Å². The number of carbonyl (C=O) groups excluding carboxylic acids is 1. The normalized spacial score (nSPS) is 14.5. The van der Waals surface area contributed by atoms with Crippen molar-refractivity contribution in [1.82, 2.24) is 5.32 Å². The molecule has 1 saturated carbocycles. The molecular formula is C13H14BrF2NO2. The summed E-state index contributed by atoms with van der Waals surface area (Å²) in [4.78, 5) is 11.6. The number of hydrogen-bond donors (Lipinski definition) is 1. The number of amides is 1. The van der Waals surface area contributed by atoms with Gasteiger partial charge < -0.3 is 10.1 Å². The van der Waals surface area contributed by atoms with Gasteiger partial charge in [-0.15, -0.1) is 0 Å². The Morgan fingerprint density at radius 2 is 2.00 bits per heavy atom. The molecule has 0 aromatic heterocycles. The summed E-state index contributed by atoms with van der Waals surface area (Å²) in [6.07, 6.45) is 2.39. The van der Waals surface area contributed by atoms with Crippen LogP contribution in [0.4, 0.5) is 8.78 Å². The van der Waals surface area contributed by atoms with E-state index in [1.54, 1.807) is 0 Å². The van der Waals surface area contributed by atoms with E-state index < -0.39 is 23.1 Å². The van der Waals surface area contributed by atoms with Crippen molar-refractivity contribution in [3.63, 3.8) is 0 Å². The first-order valence-corrected chi connectivity index (χ1v) is 6.87. The summed E-state index contributed by atoms with van der Waals surface area (Å²) in [5, 5.41) is 2.43. The summed E-state index contributed by atoms with van der Waals surface area (Å²) in [5.41, 5.74) is -0.564. The van der Waals surface area contributed by atoms with Gasteiger partial charge in [-0.3, -0.25) is 4.79 Å². The third kappa shape index (κ3) is 4.24. The van der Waals surface area contributed by atoms with E-state index in [4.69, 9.17) is 4.74 Å². The van der Waals surface area contributed by atoms with Crippen LogP contribution >= 0.6 is 15.9 Å². The van der Waals surface area contributed by atoms with Crippen LogP contribution in [-0.4, -0.2) is 25.7 Å². The SMILES string of the molecule is O=C(NCCOCC1CC1)c1c(F)cc(Br)cc1F. The van der Waals surface area contributed by atoms with E-state index in [0.717, 1.165) is 12.1 Å². The molecule has 1 aliphatic carbocycles. The van der Waals surface area contributed by atoms with Gasteiger partial charge in [0, 0.05) is 17.6 Å². The lowest BCUT2D eigenvalue weighted by Crippen LogP contribution is -2.29. The Kier molecular flexibility index (Phi) is 4.87. The molecule has 3 nitrogen and oxygen atoms in total. The van der Waals surface area contributed by atoms with Gasteiger partial charge in [0.2, 0.25) is 0 Å². The van der Waals surface area contributed by atoms with Crippen molar-refractivity contribution in [2.45, 2.75) is 12.8 Å². The summed E-state index contributed by atoms with van der Waals surface area (Å²) in [6, 6.07) is 2.11. The number of ether oxygens (including phenoxy) is 1. The maximum Gasteiger partial charge on any atom is 0.257 e. The summed E-state index contributed by atoms with van der Waals surface area (Å²) in [7, 11) is 0. The van der Waals surface area contributed by atoms with Crippen LogP contribution in [0, 0.1) is 17.6 Å². The number of hydrogen-bond acceptors (Lipinski definition) is 2. The summed E-state index contributed by atoms with van der Waals surface area (Å²) < 4.78 is 32.5. The molecule has 1 aromatic carbocycles. The molecule has 1 aliphatic rings. The van der Waals surface area contributed by atoms with Crippen molar-refractivity contribution in [1.29, 1.82) is 0 Å². The lowest BCUT2D eigenvalue weighted by molar-refractivity contribution is 0.0898. The topological polar surface area (TPSA) is 38.3 Å². The first kappa shape index (κ1) is 14.4. The van der Waals surface area contributed by atoms with Crippen molar-refractivity contribution < 1.29 is 18.3 Å². The van der Waals surface area contributed by atoms with E-state index >= 15 is 0 Å². The van der Waals surface area contributed by atoms with E-state index in [9.17, 15) is 13.6 Å². The van der Waals surface area contributed by atoms with Crippen molar-refractivity contribution in [2.24, 2.45) is 5.92 Å². The number of rotatable bonds is 6. The molecule has 19 heavy (non-hydrogen) atoms. The molecule has 6 heteroatoms. The van der Waals surface area contributed by atoms with Gasteiger partial charge in [0.15, 0.2) is 0 Å². The van der Waals surface area contributed by atoms with E-state index in [-0.39, 0.29) is 11.0 Å². The second-order valence-electron chi connectivity index (χ2n) is 4.52. The highest BCUT2D eigenvalue weighted by Gasteiger charge is 2.21. The lowest BCUT2D eigenvalue weighted by Gasteiger charge is -2.08. The Labute approximate surface area is 118 Å². The zero-order valence-corrected chi connectivity index (χ0v) is 11.8. The molecule has 0 aliphatic heterocycles. The Bertz CT molecular complexity index is 455. The molecule has 0 unspecified atom stereocenters. The number of carbonyl (C=O) groups is 1. The molecular weight excluding hydrogens is 320 g/mol. The van der Waals surface area contributed by atoms with Crippen molar-refractivity contribution in [2.75, 3.05) is 19.8 Å². The molecule has 1 N–H and O–H groups in total. The van der Waals surface area contributed by atoms with Gasteiger partial charge in [-0.2, -0.15) is 0 Å². The van der Waals surface area contributed by atoms with Crippen LogP contribution in [0.2, 0.25) is 0 Å². The van der Waals surface area contributed by atoms with Gasteiger partial charge in [0.05, 0.1) is 6.61 Å². The Morgan fingerprint density at radius 1 is 1.37 bits per heavy atom. The zero-order chi connectivity index (χ0) is 13.8. The quantitative estimate of drug-likeness (QED) is 0.813. The fraction of sp³-hybridized carbons (Fsp3) is 0.462. The van der Waals surface area contributed by atoms with Gasteiger partial charge in [0.25, 0.3) is 5.91 Å². The second kappa shape index (κ2) is 6.43. The third-order valence-corrected chi connectivity index (χ3v) is 3.27. The molecule has 1 amide bonds. The highest BCUT2D eigenvalue weighted by molar-refractivity contribution is 9.10. The fourth-order valence-electron chi connectivity index (χ4n) is 1.62. The molecule has 0 atom stereocenters. The zero-order valence-electron chi connectivity index (χ0n) is 10.2. The predicted molar refractivity (Wildman–Crippen MR) is 69.9 cm³/mol. The minimum absolute atomic E-state index is 0.237. The first-order valence-electron chi connectivity index (χ1n) is 6.08. The van der Waals surface area contributed by atoms with Crippen LogP contribution in [0.3, 0.4) is 0 Å². The van der Waals surface area contributed by atoms with E-state index in [2.05, 4.69) is 21.2 Å². The van der Waals surface area contributed by atoms with Crippen LogP contribution in [0.15, 0.2) is 16.6 Å². The van der Waals surface area contributed by atoms with Gasteiger partial charge in [0.1, 0.15) is 17.2 Å². The van der Waals surface area contributed by atoms with Crippen LogP contribution in [-0.2, 0) is 4.74 Å². The number of halogens is 3. The molecule has 0 radical (unpaired) electrons. The first-order chi connectivity index (χ1) is 9.08. The Hall–Kier alpha value is -1.01. The molecule has 1 fully saturated rings. The Balaban J connectivity index is 1.81. The minimum Gasteiger partial charge on any atom is -0.379 e. The average molecular weight is 334 g/mol. The number of nitrogens with one attached hydrogen (secondary N) is 1. The van der Waals surface area contributed by atoms with E-state index in [0.29, 0.717) is 19.1 Å². The van der Waals surface area contributed by atoms with Crippen molar-refractivity contribution in [3.8, 4) is 0 Å². The third-order valence-electron chi connectivity index (χ3n) is 2.82. The highest BCUT2D eigenvalue weighted by Crippen LogP contribution is 2.28. The molecule has 1 aromatic rings. The molecule has 0 bridgehead atoms. The van der Waals surface area contributed by atoms with Crippen molar-refractivity contribution in [3.05, 3.63) is 33.8 Å². The molecule has 0 spiro atoms. The minimum atomic E-state index is -0.886. The predicted octanol–water partition coefficient (Wildman–Crippen LogP) is 2.88. The van der Waals surface area contributed by atoms with Crippen LogP contribution in [0.1, 0.15) is 23.2 Å². The Morgan fingerprint density at radius 3 is 2.58 bits per heavy atom. The highest BCUT2D eigenvalue weighted by atomic mass is 79.9. The second-order valence-corrected chi connectivity index (χ2v) is 5.43. The van der Waals surface area contributed by atoms with Crippen molar-refractivity contribution >= 4 is 21.8 Å². The van der Waals surface area contributed by atoms with Crippen LogP contribution in [0.5, 0.6) is 0 Å². The van der Waals surface area contributed by atoms with E-state index in [1.165, 1.54) is 12.8 Å². The van der Waals surface area contributed by atoms with Gasteiger partial charge in [-0.1, -0.05) is 15.9 Å². The van der Waals surface area contributed by atoms with E-state index in [1.807, 2.05) is 0 Å². The number of benzene rings is 1. The molecule has 0 saturated heterocycles. The van der Waals surface area contributed by atoms with Crippen LogP contribution in [0.25, 0.3) is 0 Å². The standard InChI is InChI=1S/C13H14BrF2NO2/c14-9-5-10(15)12(11(16)6-9)13(18)17-3-4-19-7-8-1-2-8/h5-6,8H,1-4,7H2,(H,17,18). The fourth-order valence-corrected chi connectivity index (χ4v) is 2.02. The summed E-state index contributed by atoms with van der Waals surface area (Å²) in [5.74, 6) is -1.89. The average Bonchev–Trinajstić information content (AvgIpc) is 3.11. The smallest absolute Gasteiger partial charge is 0.257 e. The van der Waals surface area contributed by atoms with Gasteiger partial charge >= 0.3 is 0 Å². The maximum atomic E-state index is 13.5.